The highest BCUT2D eigenvalue weighted by molar-refractivity contribution is 5.94. The van der Waals surface area contributed by atoms with Gasteiger partial charge in [0.05, 0.1) is 5.69 Å². The summed E-state index contributed by atoms with van der Waals surface area (Å²) in [6.45, 7) is 1.20. The van der Waals surface area contributed by atoms with Gasteiger partial charge < -0.3 is 15.7 Å². The summed E-state index contributed by atoms with van der Waals surface area (Å²) in [7, 11) is 0. The van der Waals surface area contributed by atoms with Crippen molar-refractivity contribution >= 4 is 17.6 Å². The van der Waals surface area contributed by atoms with Gasteiger partial charge in [0.15, 0.2) is 0 Å². The molecule has 3 N–H and O–H groups in total. The second kappa shape index (κ2) is 5.90. The summed E-state index contributed by atoms with van der Waals surface area (Å²) in [6, 6.07) is 4.26. The minimum Gasteiger partial charge on any atom is -0.478 e. The first-order valence-corrected chi connectivity index (χ1v) is 6.54. The maximum atomic E-state index is 13.6. The molecule has 1 amide bonds. The van der Waals surface area contributed by atoms with Gasteiger partial charge in [-0.3, -0.25) is 4.79 Å². The average Bonchev–Trinajstić information content (AvgIpc) is 2.38. The number of anilines is 1. The summed E-state index contributed by atoms with van der Waals surface area (Å²) >= 11 is 0. The molecule has 0 radical (unpaired) electrons. The van der Waals surface area contributed by atoms with Crippen molar-refractivity contribution in [3.63, 3.8) is 0 Å². The number of halogens is 1. The second-order valence-corrected chi connectivity index (χ2v) is 5.04. The smallest absolute Gasteiger partial charge is 0.340 e. The zero-order valence-corrected chi connectivity index (χ0v) is 11.0. The summed E-state index contributed by atoms with van der Waals surface area (Å²) in [6.07, 6.45) is 1.85. The standard InChI is InChI=1S/C14H17FN2O3/c15-10-2-1-3-11(13(10)14(19)20)17-6-4-9(5-7-17)8-12(16)18/h1-3,9H,4-8H2,(H2,16,18)(H,19,20). The predicted molar refractivity (Wildman–Crippen MR) is 72.1 cm³/mol. The van der Waals surface area contributed by atoms with Gasteiger partial charge in [-0.05, 0) is 30.9 Å². The molecule has 0 saturated carbocycles. The van der Waals surface area contributed by atoms with E-state index in [1.165, 1.54) is 6.07 Å². The molecule has 20 heavy (non-hydrogen) atoms. The molecule has 1 saturated heterocycles. The van der Waals surface area contributed by atoms with E-state index >= 15 is 0 Å². The zero-order chi connectivity index (χ0) is 14.7. The Labute approximate surface area is 116 Å². The number of piperidine rings is 1. The molecule has 5 nitrogen and oxygen atoms in total. The summed E-state index contributed by atoms with van der Waals surface area (Å²) in [4.78, 5) is 23.9. The number of carbonyl (C=O) groups is 2. The van der Waals surface area contributed by atoms with Gasteiger partial charge in [-0.25, -0.2) is 9.18 Å². The van der Waals surface area contributed by atoms with Crippen LogP contribution in [0.2, 0.25) is 0 Å². The molecule has 1 aliphatic heterocycles. The third-order valence-corrected chi connectivity index (χ3v) is 3.65. The van der Waals surface area contributed by atoms with Crippen LogP contribution in [-0.2, 0) is 4.79 Å². The van der Waals surface area contributed by atoms with Crippen LogP contribution >= 0.6 is 0 Å². The molecule has 0 aliphatic carbocycles. The Balaban J connectivity index is 2.13. The Kier molecular flexibility index (Phi) is 4.22. The highest BCUT2D eigenvalue weighted by Gasteiger charge is 2.25. The third-order valence-electron chi connectivity index (χ3n) is 3.65. The van der Waals surface area contributed by atoms with E-state index in [-0.39, 0.29) is 17.4 Å². The normalized spacial score (nSPS) is 16.1. The van der Waals surface area contributed by atoms with Crippen LogP contribution in [0.5, 0.6) is 0 Å². The van der Waals surface area contributed by atoms with E-state index in [1.54, 1.807) is 6.07 Å². The van der Waals surface area contributed by atoms with E-state index in [0.717, 1.165) is 18.9 Å². The number of carbonyl (C=O) groups excluding carboxylic acids is 1. The van der Waals surface area contributed by atoms with E-state index in [9.17, 15) is 14.0 Å². The number of nitrogens with two attached hydrogens (primary N) is 1. The Morgan fingerprint density at radius 2 is 2.00 bits per heavy atom. The van der Waals surface area contributed by atoms with E-state index in [1.807, 2.05) is 4.90 Å². The van der Waals surface area contributed by atoms with Gasteiger partial charge >= 0.3 is 5.97 Å². The third kappa shape index (κ3) is 3.07. The molecule has 1 fully saturated rings. The molecule has 0 spiro atoms. The first-order valence-electron chi connectivity index (χ1n) is 6.54. The maximum absolute atomic E-state index is 13.6. The summed E-state index contributed by atoms with van der Waals surface area (Å²) in [5.74, 6) is -2.09. The lowest BCUT2D eigenvalue weighted by Gasteiger charge is -2.34. The molecule has 6 heteroatoms. The first-order chi connectivity index (χ1) is 9.49. The lowest BCUT2D eigenvalue weighted by atomic mass is 9.92. The lowest BCUT2D eigenvalue weighted by Crippen LogP contribution is -2.36. The number of hydrogen-bond acceptors (Lipinski definition) is 3. The van der Waals surface area contributed by atoms with Crippen molar-refractivity contribution in [2.24, 2.45) is 11.7 Å². The van der Waals surface area contributed by atoms with Gasteiger partial charge in [-0.2, -0.15) is 0 Å². The minimum absolute atomic E-state index is 0.227. The van der Waals surface area contributed by atoms with Crippen LogP contribution in [0.4, 0.5) is 10.1 Å². The average molecular weight is 280 g/mol. The van der Waals surface area contributed by atoms with E-state index in [0.29, 0.717) is 25.2 Å². The molecule has 0 bridgehead atoms. The predicted octanol–water partition coefficient (Wildman–Crippen LogP) is 1.62. The number of nitrogens with zero attached hydrogens (tertiary/aromatic N) is 1. The molecule has 108 valence electrons. The van der Waals surface area contributed by atoms with Gasteiger partial charge in [-0.15, -0.1) is 0 Å². The number of amides is 1. The van der Waals surface area contributed by atoms with Crippen molar-refractivity contribution in [1.82, 2.24) is 0 Å². The van der Waals surface area contributed by atoms with Gasteiger partial charge in [0.1, 0.15) is 11.4 Å². The summed E-state index contributed by atoms with van der Waals surface area (Å²) in [5, 5.41) is 9.12. The number of aromatic carboxylic acids is 1. The number of benzene rings is 1. The van der Waals surface area contributed by atoms with E-state index < -0.39 is 11.8 Å². The number of carboxylic acid groups (broad SMARTS) is 1. The topological polar surface area (TPSA) is 83.6 Å². The fourth-order valence-electron chi connectivity index (χ4n) is 2.65. The van der Waals surface area contributed by atoms with Crippen LogP contribution < -0.4 is 10.6 Å². The quantitative estimate of drug-likeness (QED) is 0.877. The van der Waals surface area contributed by atoms with Crippen molar-refractivity contribution in [3.05, 3.63) is 29.6 Å². The van der Waals surface area contributed by atoms with Crippen molar-refractivity contribution in [2.75, 3.05) is 18.0 Å². The number of rotatable bonds is 4. The fourth-order valence-corrected chi connectivity index (χ4v) is 2.65. The van der Waals surface area contributed by atoms with Gasteiger partial charge in [0, 0.05) is 19.5 Å². The van der Waals surface area contributed by atoms with E-state index in [2.05, 4.69) is 0 Å². The largest absolute Gasteiger partial charge is 0.478 e. The summed E-state index contributed by atoms with van der Waals surface area (Å²) < 4.78 is 13.6. The molecule has 1 heterocycles. The molecule has 2 rings (SSSR count). The lowest BCUT2D eigenvalue weighted by molar-refractivity contribution is -0.119. The Hall–Kier alpha value is -2.11. The fraction of sp³-hybridized carbons (Fsp3) is 0.429. The van der Waals surface area contributed by atoms with Gasteiger partial charge in [0.2, 0.25) is 5.91 Å². The van der Waals surface area contributed by atoms with Crippen molar-refractivity contribution in [2.45, 2.75) is 19.3 Å². The highest BCUT2D eigenvalue weighted by atomic mass is 19.1. The van der Waals surface area contributed by atoms with Crippen LogP contribution in [0.3, 0.4) is 0 Å². The first kappa shape index (κ1) is 14.3. The molecule has 0 aromatic heterocycles. The Morgan fingerprint density at radius 3 is 2.55 bits per heavy atom. The van der Waals surface area contributed by atoms with Crippen LogP contribution in [0.1, 0.15) is 29.6 Å². The van der Waals surface area contributed by atoms with Gasteiger partial charge in [0.25, 0.3) is 0 Å². The second-order valence-electron chi connectivity index (χ2n) is 5.04. The number of hydrogen-bond donors (Lipinski definition) is 2. The monoisotopic (exact) mass is 280 g/mol. The molecular formula is C14H17FN2O3. The Bertz CT molecular complexity index is 525. The van der Waals surface area contributed by atoms with Crippen LogP contribution in [0, 0.1) is 11.7 Å². The molecule has 1 aromatic rings. The van der Waals surface area contributed by atoms with Crippen molar-refractivity contribution in [1.29, 1.82) is 0 Å². The molecule has 1 aromatic carbocycles. The highest BCUT2D eigenvalue weighted by Crippen LogP contribution is 2.29. The summed E-state index contributed by atoms with van der Waals surface area (Å²) in [5.41, 5.74) is 5.28. The number of primary amides is 1. The SMILES string of the molecule is NC(=O)CC1CCN(c2cccc(F)c2C(=O)O)CC1. The molecule has 1 aliphatic rings. The van der Waals surface area contributed by atoms with Crippen LogP contribution in [-0.4, -0.2) is 30.1 Å². The van der Waals surface area contributed by atoms with Crippen molar-refractivity contribution in [3.8, 4) is 0 Å². The van der Waals surface area contributed by atoms with Gasteiger partial charge in [-0.1, -0.05) is 6.07 Å². The minimum atomic E-state index is -1.27. The maximum Gasteiger partial charge on any atom is 0.340 e. The molecule has 0 atom stereocenters. The number of carboxylic acids is 1. The van der Waals surface area contributed by atoms with E-state index in [4.69, 9.17) is 10.8 Å². The zero-order valence-electron chi connectivity index (χ0n) is 11.0. The van der Waals surface area contributed by atoms with Crippen LogP contribution in [0.15, 0.2) is 18.2 Å². The Morgan fingerprint density at radius 1 is 1.35 bits per heavy atom. The molecule has 0 unspecified atom stereocenters. The van der Waals surface area contributed by atoms with Crippen molar-refractivity contribution < 1.29 is 19.1 Å². The van der Waals surface area contributed by atoms with Crippen LogP contribution in [0.25, 0.3) is 0 Å². The molecular weight excluding hydrogens is 263 g/mol.